The average Bonchev–Trinajstić information content (AvgIpc) is 2.05. The summed E-state index contributed by atoms with van der Waals surface area (Å²) in [5.41, 5.74) is 1.16. The Morgan fingerprint density at radius 1 is 1.30 bits per heavy atom. The summed E-state index contributed by atoms with van der Waals surface area (Å²) in [7, 11) is 0. The van der Waals surface area contributed by atoms with Gasteiger partial charge in [0.15, 0.2) is 0 Å². The Labute approximate surface area is 69.7 Å². The zero-order valence-corrected chi connectivity index (χ0v) is 7.14. The quantitative estimate of drug-likeness (QED) is 0.681. The van der Waals surface area contributed by atoms with Crippen LogP contribution < -0.4 is 0 Å². The molecule has 0 atom stereocenters. The maximum absolute atomic E-state index is 3.65. The highest BCUT2D eigenvalue weighted by Gasteiger charge is 1.99. The molecule has 1 radical (unpaired) electrons. The van der Waals surface area contributed by atoms with Crippen LogP contribution in [0.4, 0.5) is 0 Å². The summed E-state index contributed by atoms with van der Waals surface area (Å²) < 4.78 is 0. The summed E-state index contributed by atoms with van der Waals surface area (Å²) in [5, 5.41) is 0. The molecule has 51 valence electrons. The number of halogens is 1. The van der Waals surface area contributed by atoms with Gasteiger partial charge in [-0.05, 0) is 5.56 Å². The fourth-order valence-corrected chi connectivity index (χ4v) is 0.980. The summed E-state index contributed by atoms with van der Waals surface area (Å²) in [6.07, 6.45) is 1.79. The zero-order valence-electron chi connectivity index (χ0n) is 5.55. The first-order chi connectivity index (χ1) is 4.84. The molecule has 0 N–H and O–H groups in total. The predicted molar refractivity (Wildman–Crippen MR) is 47.9 cm³/mol. The lowest BCUT2D eigenvalue weighted by atomic mass is 10.2. The lowest BCUT2D eigenvalue weighted by Crippen LogP contribution is -1.82. The number of hydrogen-bond donors (Lipinski definition) is 0. The van der Waals surface area contributed by atoms with E-state index in [1.165, 1.54) is 0 Å². The zero-order chi connectivity index (χ0) is 7.40. The maximum atomic E-state index is 3.65. The Bertz CT molecular complexity index is 203. The van der Waals surface area contributed by atoms with Gasteiger partial charge in [0, 0.05) is 0 Å². The van der Waals surface area contributed by atoms with E-state index in [9.17, 15) is 0 Å². The van der Waals surface area contributed by atoms with Crippen LogP contribution in [-0.4, -0.2) is 0 Å². The predicted octanol–water partition coefficient (Wildman–Crippen LogP) is 3.15. The standard InChI is InChI=1S/C9H8Br/c1-2-9(10)8-6-4-3-5-7-8/h2-7H,1H2. The van der Waals surface area contributed by atoms with Crippen molar-refractivity contribution in [3.63, 3.8) is 0 Å². The van der Waals surface area contributed by atoms with E-state index in [1.807, 2.05) is 30.3 Å². The van der Waals surface area contributed by atoms with Crippen LogP contribution in [0.2, 0.25) is 0 Å². The lowest BCUT2D eigenvalue weighted by Gasteiger charge is -2.00. The molecular weight excluding hydrogens is 188 g/mol. The van der Waals surface area contributed by atoms with Crippen molar-refractivity contribution in [2.24, 2.45) is 0 Å². The van der Waals surface area contributed by atoms with E-state index in [1.54, 1.807) is 6.08 Å². The van der Waals surface area contributed by atoms with Crippen LogP contribution in [-0.2, 0) is 0 Å². The van der Waals surface area contributed by atoms with Crippen molar-refractivity contribution in [3.05, 3.63) is 53.4 Å². The number of rotatable bonds is 2. The number of allylic oxidation sites excluding steroid dienone is 1. The maximum Gasteiger partial charge on any atom is 0.0912 e. The van der Waals surface area contributed by atoms with Gasteiger partial charge in [0.1, 0.15) is 0 Å². The molecule has 1 rings (SSSR count). The minimum absolute atomic E-state index is 1.04. The molecule has 0 aliphatic heterocycles. The molecule has 0 amide bonds. The van der Waals surface area contributed by atoms with Crippen molar-refractivity contribution >= 4 is 15.9 Å². The van der Waals surface area contributed by atoms with Crippen molar-refractivity contribution in [3.8, 4) is 0 Å². The van der Waals surface area contributed by atoms with Crippen molar-refractivity contribution in [1.82, 2.24) is 0 Å². The number of benzene rings is 1. The highest BCUT2D eigenvalue weighted by atomic mass is 79.9. The van der Waals surface area contributed by atoms with Crippen LogP contribution in [0.1, 0.15) is 5.56 Å². The molecule has 0 saturated carbocycles. The van der Waals surface area contributed by atoms with Gasteiger partial charge in [-0.15, -0.1) is 6.58 Å². The molecule has 0 saturated heterocycles. The SMILES string of the molecule is C=C[C](Br)c1ccccc1. The monoisotopic (exact) mass is 195 g/mol. The van der Waals surface area contributed by atoms with E-state index >= 15 is 0 Å². The van der Waals surface area contributed by atoms with E-state index < -0.39 is 0 Å². The van der Waals surface area contributed by atoms with Crippen LogP contribution in [0, 0.1) is 4.83 Å². The Kier molecular flexibility index (Phi) is 2.69. The van der Waals surface area contributed by atoms with Gasteiger partial charge in [-0.2, -0.15) is 0 Å². The normalized spacial score (nSPS) is 9.80. The summed E-state index contributed by atoms with van der Waals surface area (Å²) in [6, 6.07) is 10.1. The molecule has 0 nitrogen and oxygen atoms in total. The lowest BCUT2D eigenvalue weighted by molar-refractivity contribution is 1.50. The molecule has 0 aliphatic carbocycles. The highest BCUT2D eigenvalue weighted by Crippen LogP contribution is 2.20. The second kappa shape index (κ2) is 3.57. The number of hydrogen-bond acceptors (Lipinski definition) is 0. The van der Waals surface area contributed by atoms with Crippen LogP contribution in [0.5, 0.6) is 0 Å². The van der Waals surface area contributed by atoms with Crippen molar-refractivity contribution in [2.75, 3.05) is 0 Å². The molecule has 1 aromatic rings. The third kappa shape index (κ3) is 1.71. The minimum atomic E-state index is 1.04. The first kappa shape index (κ1) is 7.55. The summed E-state index contributed by atoms with van der Waals surface area (Å²) in [6.45, 7) is 3.65. The molecule has 0 bridgehead atoms. The van der Waals surface area contributed by atoms with Gasteiger partial charge in [-0.3, -0.25) is 0 Å². The van der Waals surface area contributed by atoms with Gasteiger partial charge in [-0.25, -0.2) is 0 Å². The second-order valence-corrected chi connectivity index (χ2v) is 2.77. The molecule has 10 heavy (non-hydrogen) atoms. The molecular formula is C9H8Br. The van der Waals surface area contributed by atoms with Gasteiger partial charge in [0.2, 0.25) is 0 Å². The first-order valence-corrected chi connectivity index (χ1v) is 3.84. The second-order valence-electron chi connectivity index (χ2n) is 1.92. The molecule has 0 heterocycles. The van der Waals surface area contributed by atoms with Crippen LogP contribution >= 0.6 is 15.9 Å². The summed E-state index contributed by atoms with van der Waals surface area (Å²) in [5.74, 6) is 0. The highest BCUT2D eigenvalue weighted by molar-refractivity contribution is 9.11. The van der Waals surface area contributed by atoms with Gasteiger partial charge < -0.3 is 0 Å². The Morgan fingerprint density at radius 3 is 2.40 bits per heavy atom. The Morgan fingerprint density at radius 2 is 1.90 bits per heavy atom. The van der Waals surface area contributed by atoms with Gasteiger partial charge >= 0.3 is 0 Å². The fourth-order valence-electron chi connectivity index (χ4n) is 0.715. The molecule has 0 unspecified atom stereocenters. The van der Waals surface area contributed by atoms with Gasteiger partial charge in [0.05, 0.1) is 4.83 Å². The Hall–Kier alpha value is -0.560. The van der Waals surface area contributed by atoms with Crippen LogP contribution in [0.3, 0.4) is 0 Å². The van der Waals surface area contributed by atoms with E-state index in [0.29, 0.717) is 0 Å². The molecule has 0 spiro atoms. The topological polar surface area (TPSA) is 0 Å². The van der Waals surface area contributed by atoms with Crippen molar-refractivity contribution in [2.45, 2.75) is 0 Å². The average molecular weight is 196 g/mol. The van der Waals surface area contributed by atoms with Crippen LogP contribution in [0.15, 0.2) is 43.0 Å². The first-order valence-electron chi connectivity index (χ1n) is 3.05. The van der Waals surface area contributed by atoms with E-state index in [-0.39, 0.29) is 0 Å². The molecule has 0 fully saturated rings. The fraction of sp³-hybridized carbons (Fsp3) is 0. The molecule has 1 aromatic carbocycles. The van der Waals surface area contributed by atoms with E-state index in [0.717, 1.165) is 10.4 Å². The van der Waals surface area contributed by atoms with E-state index in [4.69, 9.17) is 0 Å². The van der Waals surface area contributed by atoms with Crippen molar-refractivity contribution in [1.29, 1.82) is 0 Å². The molecule has 0 aliphatic rings. The van der Waals surface area contributed by atoms with E-state index in [2.05, 4.69) is 22.5 Å². The van der Waals surface area contributed by atoms with Gasteiger partial charge in [0.25, 0.3) is 0 Å². The Balaban J connectivity index is 2.84. The largest absolute Gasteiger partial charge is 0.101 e. The molecule has 1 heteroatoms. The third-order valence-electron chi connectivity index (χ3n) is 1.23. The van der Waals surface area contributed by atoms with Crippen molar-refractivity contribution < 1.29 is 0 Å². The van der Waals surface area contributed by atoms with Crippen LogP contribution in [0.25, 0.3) is 0 Å². The third-order valence-corrected chi connectivity index (χ3v) is 2.01. The van der Waals surface area contributed by atoms with Gasteiger partial charge in [-0.1, -0.05) is 52.3 Å². The smallest absolute Gasteiger partial charge is 0.0912 e. The summed E-state index contributed by atoms with van der Waals surface area (Å²) in [4.78, 5) is 1.04. The summed E-state index contributed by atoms with van der Waals surface area (Å²) >= 11 is 3.38. The molecule has 0 aromatic heterocycles. The minimum Gasteiger partial charge on any atom is -0.101 e.